The highest BCUT2D eigenvalue weighted by atomic mass is 127. The van der Waals surface area contributed by atoms with Crippen molar-refractivity contribution in [3.8, 4) is 5.75 Å². The fraction of sp³-hybridized carbons (Fsp3) is 0.650. The van der Waals surface area contributed by atoms with E-state index in [0.717, 1.165) is 63.8 Å². The first-order valence-electron chi connectivity index (χ1n) is 9.50. The minimum atomic E-state index is 0. The molecule has 0 unspecified atom stereocenters. The molecule has 27 heavy (non-hydrogen) atoms. The molecule has 7 heteroatoms. The van der Waals surface area contributed by atoms with Crippen LogP contribution in [0.2, 0.25) is 0 Å². The third-order valence-electron chi connectivity index (χ3n) is 5.11. The summed E-state index contributed by atoms with van der Waals surface area (Å²) >= 11 is 0. The van der Waals surface area contributed by atoms with E-state index in [2.05, 4.69) is 48.7 Å². The number of hydrogen-bond donors (Lipinski definition) is 2. The Morgan fingerprint density at radius 1 is 1.19 bits per heavy atom. The Labute approximate surface area is 181 Å². The summed E-state index contributed by atoms with van der Waals surface area (Å²) in [4.78, 5) is 7.17. The highest BCUT2D eigenvalue weighted by Gasteiger charge is 2.34. The van der Waals surface area contributed by atoms with E-state index in [1.165, 1.54) is 5.56 Å². The predicted octanol–water partition coefficient (Wildman–Crippen LogP) is 2.52. The molecule has 1 aromatic rings. The summed E-state index contributed by atoms with van der Waals surface area (Å²) < 4.78 is 10.7. The second kappa shape index (κ2) is 12.4. The van der Waals surface area contributed by atoms with Gasteiger partial charge in [-0.1, -0.05) is 12.1 Å². The van der Waals surface area contributed by atoms with Crippen molar-refractivity contribution in [2.24, 2.45) is 4.99 Å². The maximum atomic E-state index is 5.54. The highest BCUT2D eigenvalue weighted by Crippen LogP contribution is 2.26. The lowest BCUT2D eigenvalue weighted by Gasteiger charge is -2.41. The maximum Gasteiger partial charge on any atom is 0.191 e. The fourth-order valence-electron chi connectivity index (χ4n) is 3.18. The van der Waals surface area contributed by atoms with Gasteiger partial charge in [0.05, 0.1) is 13.7 Å². The van der Waals surface area contributed by atoms with Gasteiger partial charge in [0.25, 0.3) is 0 Å². The largest absolute Gasteiger partial charge is 0.497 e. The summed E-state index contributed by atoms with van der Waals surface area (Å²) in [6.45, 7) is 6.20. The number of hydrogen-bond acceptors (Lipinski definition) is 4. The summed E-state index contributed by atoms with van der Waals surface area (Å²) in [5.74, 6) is 1.77. The minimum Gasteiger partial charge on any atom is -0.497 e. The van der Waals surface area contributed by atoms with E-state index in [1.807, 2.05) is 12.1 Å². The van der Waals surface area contributed by atoms with Crippen molar-refractivity contribution in [2.45, 2.75) is 31.7 Å². The van der Waals surface area contributed by atoms with Crippen molar-refractivity contribution in [1.29, 1.82) is 0 Å². The Morgan fingerprint density at radius 3 is 2.41 bits per heavy atom. The second-order valence-electron chi connectivity index (χ2n) is 6.95. The lowest BCUT2D eigenvalue weighted by Crippen LogP contribution is -2.51. The number of nitrogens with one attached hydrogen (secondary N) is 2. The van der Waals surface area contributed by atoms with Gasteiger partial charge >= 0.3 is 0 Å². The Kier molecular flexibility index (Phi) is 11.0. The van der Waals surface area contributed by atoms with Gasteiger partial charge in [0.2, 0.25) is 0 Å². The lowest BCUT2D eigenvalue weighted by molar-refractivity contribution is -0.00254. The summed E-state index contributed by atoms with van der Waals surface area (Å²) in [5.41, 5.74) is 1.37. The molecule has 154 valence electrons. The highest BCUT2D eigenvalue weighted by molar-refractivity contribution is 14.0. The van der Waals surface area contributed by atoms with Crippen LogP contribution in [0.5, 0.6) is 5.75 Å². The Balaban J connectivity index is 0.00000364. The molecular weight excluding hydrogens is 455 g/mol. The number of likely N-dealkylation sites (N-methyl/N-ethyl adjacent to an activating group) is 1. The minimum absolute atomic E-state index is 0. The molecule has 1 aliphatic rings. The van der Waals surface area contributed by atoms with Crippen molar-refractivity contribution in [3.63, 3.8) is 0 Å². The molecule has 2 rings (SSSR count). The molecule has 1 heterocycles. The molecule has 0 amide bonds. The summed E-state index contributed by atoms with van der Waals surface area (Å²) in [5, 5.41) is 6.80. The van der Waals surface area contributed by atoms with Gasteiger partial charge in [0.15, 0.2) is 5.96 Å². The standard InChI is InChI=1S/C20H34N4O2.HI/c1-5-21-19(22-13-10-17-6-8-18(25-4)9-7-17)23-16-20(24(2)3)11-14-26-15-12-20;/h6-9H,5,10-16H2,1-4H3,(H2,21,22,23);1H. The zero-order valence-corrected chi connectivity index (χ0v) is 19.4. The predicted molar refractivity (Wildman–Crippen MR) is 123 cm³/mol. The molecule has 0 bridgehead atoms. The van der Waals surface area contributed by atoms with Crippen LogP contribution in [0.15, 0.2) is 29.3 Å². The third-order valence-corrected chi connectivity index (χ3v) is 5.11. The number of rotatable bonds is 8. The van der Waals surface area contributed by atoms with Gasteiger partial charge in [0, 0.05) is 31.8 Å². The first kappa shape index (κ1) is 24.0. The van der Waals surface area contributed by atoms with Gasteiger partial charge in [-0.15, -0.1) is 24.0 Å². The molecule has 1 fully saturated rings. The van der Waals surface area contributed by atoms with Crippen LogP contribution in [0.25, 0.3) is 0 Å². The molecular formula is C20H35IN4O2. The van der Waals surface area contributed by atoms with Crippen LogP contribution < -0.4 is 15.4 Å². The molecule has 0 aromatic heterocycles. The van der Waals surface area contributed by atoms with Crippen molar-refractivity contribution in [1.82, 2.24) is 15.5 Å². The van der Waals surface area contributed by atoms with Crippen LogP contribution >= 0.6 is 24.0 Å². The quantitative estimate of drug-likeness (QED) is 0.333. The lowest BCUT2D eigenvalue weighted by atomic mass is 9.89. The number of aliphatic imine (C=N–C) groups is 1. The van der Waals surface area contributed by atoms with Crippen LogP contribution in [0.1, 0.15) is 25.3 Å². The van der Waals surface area contributed by atoms with E-state index in [-0.39, 0.29) is 29.5 Å². The van der Waals surface area contributed by atoms with Crippen LogP contribution in [-0.2, 0) is 11.2 Å². The van der Waals surface area contributed by atoms with Crippen molar-refractivity contribution in [2.75, 3.05) is 54.1 Å². The third kappa shape index (κ3) is 7.46. The Morgan fingerprint density at radius 2 is 1.85 bits per heavy atom. The molecule has 0 radical (unpaired) electrons. The Bertz CT molecular complexity index is 558. The number of benzene rings is 1. The van der Waals surface area contributed by atoms with E-state index in [0.29, 0.717) is 0 Å². The zero-order chi connectivity index (χ0) is 18.8. The van der Waals surface area contributed by atoms with Gasteiger partial charge in [-0.2, -0.15) is 0 Å². The summed E-state index contributed by atoms with van der Waals surface area (Å²) in [6.07, 6.45) is 2.99. The van der Waals surface area contributed by atoms with Crippen LogP contribution in [0.4, 0.5) is 0 Å². The van der Waals surface area contributed by atoms with Crippen LogP contribution in [-0.4, -0.2) is 70.5 Å². The number of guanidine groups is 1. The average molecular weight is 490 g/mol. The van der Waals surface area contributed by atoms with E-state index in [9.17, 15) is 0 Å². The number of nitrogens with zero attached hydrogens (tertiary/aromatic N) is 2. The zero-order valence-electron chi connectivity index (χ0n) is 17.1. The molecule has 1 saturated heterocycles. The average Bonchev–Trinajstić information content (AvgIpc) is 2.67. The van der Waals surface area contributed by atoms with Gasteiger partial charge in [-0.05, 0) is 58.0 Å². The van der Waals surface area contributed by atoms with Crippen molar-refractivity contribution < 1.29 is 9.47 Å². The SMILES string of the molecule is CCNC(=NCC1(N(C)C)CCOCC1)NCCc1ccc(OC)cc1.I. The summed E-state index contributed by atoms with van der Waals surface area (Å²) in [7, 11) is 5.98. The molecule has 6 nitrogen and oxygen atoms in total. The summed E-state index contributed by atoms with van der Waals surface area (Å²) in [6, 6.07) is 8.21. The van der Waals surface area contributed by atoms with Crippen LogP contribution in [0.3, 0.4) is 0 Å². The molecule has 0 spiro atoms. The van der Waals surface area contributed by atoms with Crippen molar-refractivity contribution >= 4 is 29.9 Å². The molecule has 1 aromatic carbocycles. The van der Waals surface area contributed by atoms with E-state index in [1.54, 1.807) is 7.11 Å². The topological polar surface area (TPSA) is 58.1 Å². The molecule has 2 N–H and O–H groups in total. The second-order valence-corrected chi connectivity index (χ2v) is 6.95. The van der Waals surface area contributed by atoms with E-state index >= 15 is 0 Å². The van der Waals surface area contributed by atoms with Crippen molar-refractivity contribution in [3.05, 3.63) is 29.8 Å². The number of halogens is 1. The van der Waals surface area contributed by atoms with Gasteiger partial charge < -0.3 is 25.0 Å². The molecule has 0 aliphatic carbocycles. The number of ether oxygens (including phenoxy) is 2. The van der Waals surface area contributed by atoms with Crippen LogP contribution in [0, 0.1) is 0 Å². The monoisotopic (exact) mass is 490 g/mol. The molecule has 0 atom stereocenters. The van der Waals surface area contributed by atoms with Gasteiger partial charge in [-0.3, -0.25) is 4.99 Å². The normalized spacial score (nSPS) is 16.6. The van der Waals surface area contributed by atoms with E-state index in [4.69, 9.17) is 14.5 Å². The molecule has 1 aliphatic heterocycles. The first-order chi connectivity index (χ1) is 12.6. The first-order valence-corrected chi connectivity index (χ1v) is 9.50. The van der Waals surface area contributed by atoms with Gasteiger partial charge in [0.1, 0.15) is 5.75 Å². The maximum absolute atomic E-state index is 5.54. The van der Waals surface area contributed by atoms with E-state index < -0.39 is 0 Å². The smallest absolute Gasteiger partial charge is 0.191 e. The number of methoxy groups -OCH3 is 1. The van der Waals surface area contributed by atoms with Gasteiger partial charge in [-0.25, -0.2) is 0 Å². The fourth-order valence-corrected chi connectivity index (χ4v) is 3.18. The Hall–Kier alpha value is -1.06. The molecule has 0 saturated carbocycles.